The van der Waals surface area contributed by atoms with Crippen LogP contribution in [0.2, 0.25) is 5.02 Å². The standard InChI is InChI=1S/C14H14ClN5OS/c1-3-11-16-17-12(21-11)8-22-14-19-18-13(20(14)2)9-4-6-10(15)7-5-9/h4-7H,3,8H2,1-2H3. The first kappa shape index (κ1) is 15.1. The number of benzene rings is 1. The Kier molecular flexibility index (Phi) is 4.44. The molecule has 0 unspecified atom stereocenters. The van der Waals surface area contributed by atoms with Crippen LogP contribution >= 0.6 is 23.4 Å². The van der Waals surface area contributed by atoms with Gasteiger partial charge in [-0.25, -0.2) is 0 Å². The average Bonchev–Trinajstić information content (AvgIpc) is 3.13. The normalized spacial score (nSPS) is 11.0. The van der Waals surface area contributed by atoms with Crippen molar-refractivity contribution >= 4 is 23.4 Å². The van der Waals surface area contributed by atoms with Gasteiger partial charge in [-0.3, -0.25) is 0 Å². The van der Waals surface area contributed by atoms with E-state index in [1.807, 2.05) is 42.8 Å². The molecule has 0 saturated carbocycles. The van der Waals surface area contributed by atoms with Crippen LogP contribution in [0.4, 0.5) is 0 Å². The van der Waals surface area contributed by atoms with Crippen LogP contribution in [-0.2, 0) is 19.2 Å². The van der Waals surface area contributed by atoms with E-state index in [4.69, 9.17) is 16.0 Å². The van der Waals surface area contributed by atoms with E-state index in [0.717, 1.165) is 23.0 Å². The first-order chi connectivity index (χ1) is 10.7. The lowest BCUT2D eigenvalue weighted by molar-refractivity contribution is 0.469. The summed E-state index contributed by atoms with van der Waals surface area (Å²) >= 11 is 7.42. The minimum Gasteiger partial charge on any atom is -0.424 e. The number of halogens is 1. The van der Waals surface area contributed by atoms with Crippen molar-refractivity contribution in [3.05, 3.63) is 41.1 Å². The quantitative estimate of drug-likeness (QED) is 0.666. The van der Waals surface area contributed by atoms with Crippen LogP contribution in [0.3, 0.4) is 0 Å². The summed E-state index contributed by atoms with van der Waals surface area (Å²) in [6.07, 6.45) is 0.738. The number of nitrogens with zero attached hydrogens (tertiary/aromatic N) is 5. The third-order valence-corrected chi connectivity index (χ3v) is 4.33. The van der Waals surface area contributed by atoms with Crippen molar-refractivity contribution < 1.29 is 4.42 Å². The summed E-state index contributed by atoms with van der Waals surface area (Å²) in [5.41, 5.74) is 0.970. The third-order valence-electron chi connectivity index (χ3n) is 3.07. The second-order valence-electron chi connectivity index (χ2n) is 4.60. The minimum absolute atomic E-state index is 0.569. The van der Waals surface area contributed by atoms with Gasteiger partial charge in [0.25, 0.3) is 0 Å². The summed E-state index contributed by atoms with van der Waals surface area (Å²) in [4.78, 5) is 0. The molecule has 8 heteroatoms. The van der Waals surface area contributed by atoms with Crippen LogP contribution in [-0.4, -0.2) is 25.0 Å². The minimum atomic E-state index is 0.569. The largest absolute Gasteiger partial charge is 0.424 e. The molecule has 22 heavy (non-hydrogen) atoms. The lowest BCUT2D eigenvalue weighted by Crippen LogP contribution is -1.95. The van der Waals surface area contributed by atoms with E-state index in [1.165, 1.54) is 11.8 Å². The van der Waals surface area contributed by atoms with Gasteiger partial charge in [0.1, 0.15) is 0 Å². The summed E-state index contributed by atoms with van der Waals surface area (Å²) < 4.78 is 7.42. The Bertz CT molecular complexity index is 768. The molecule has 0 radical (unpaired) electrons. The molecule has 0 atom stereocenters. The highest BCUT2D eigenvalue weighted by atomic mass is 35.5. The molecule has 0 amide bonds. The Morgan fingerprint density at radius 3 is 2.50 bits per heavy atom. The molecule has 0 aliphatic rings. The van der Waals surface area contributed by atoms with Gasteiger partial charge >= 0.3 is 0 Å². The summed E-state index contributed by atoms with van der Waals surface area (Å²) in [6, 6.07) is 7.52. The molecule has 0 aliphatic heterocycles. The Morgan fingerprint density at radius 1 is 1.09 bits per heavy atom. The van der Waals surface area contributed by atoms with Gasteiger partial charge in [0, 0.05) is 24.1 Å². The second kappa shape index (κ2) is 6.50. The van der Waals surface area contributed by atoms with E-state index in [0.29, 0.717) is 22.6 Å². The number of rotatable bonds is 5. The van der Waals surface area contributed by atoms with Crippen LogP contribution in [0.5, 0.6) is 0 Å². The second-order valence-corrected chi connectivity index (χ2v) is 5.98. The van der Waals surface area contributed by atoms with Crippen LogP contribution < -0.4 is 0 Å². The number of hydrogen-bond donors (Lipinski definition) is 0. The third kappa shape index (κ3) is 3.15. The smallest absolute Gasteiger partial charge is 0.226 e. The van der Waals surface area contributed by atoms with Gasteiger partial charge in [-0.1, -0.05) is 30.3 Å². The molecule has 1 aromatic carbocycles. The maximum atomic E-state index is 5.91. The average molecular weight is 336 g/mol. The van der Waals surface area contributed by atoms with E-state index >= 15 is 0 Å². The van der Waals surface area contributed by atoms with Crippen molar-refractivity contribution in [1.82, 2.24) is 25.0 Å². The van der Waals surface area contributed by atoms with E-state index in [1.54, 1.807) is 0 Å². The first-order valence-corrected chi connectivity index (χ1v) is 8.13. The van der Waals surface area contributed by atoms with Gasteiger partial charge in [-0.15, -0.1) is 20.4 Å². The lowest BCUT2D eigenvalue weighted by atomic mass is 10.2. The molecule has 0 aliphatic carbocycles. The molecular formula is C14H14ClN5OS. The van der Waals surface area contributed by atoms with E-state index < -0.39 is 0 Å². The highest BCUT2D eigenvalue weighted by Crippen LogP contribution is 2.25. The van der Waals surface area contributed by atoms with Gasteiger partial charge in [-0.2, -0.15) is 0 Å². The van der Waals surface area contributed by atoms with Crippen molar-refractivity contribution in [2.24, 2.45) is 7.05 Å². The maximum absolute atomic E-state index is 5.91. The summed E-state index contributed by atoms with van der Waals surface area (Å²) in [7, 11) is 1.93. The van der Waals surface area contributed by atoms with Gasteiger partial charge in [0.2, 0.25) is 11.8 Å². The summed E-state index contributed by atoms with van der Waals surface area (Å²) in [5.74, 6) is 2.60. The van der Waals surface area contributed by atoms with Gasteiger partial charge < -0.3 is 8.98 Å². The van der Waals surface area contributed by atoms with Crippen LogP contribution in [0, 0.1) is 0 Å². The number of aryl methyl sites for hydroxylation is 1. The van der Waals surface area contributed by atoms with E-state index in [9.17, 15) is 0 Å². The van der Waals surface area contributed by atoms with Crippen LogP contribution in [0.15, 0.2) is 33.8 Å². The fraction of sp³-hybridized carbons (Fsp3) is 0.286. The Morgan fingerprint density at radius 2 is 1.82 bits per heavy atom. The summed E-state index contributed by atoms with van der Waals surface area (Å²) in [6.45, 7) is 1.98. The summed E-state index contributed by atoms with van der Waals surface area (Å²) in [5, 5.41) is 17.9. The van der Waals surface area contributed by atoms with Crippen molar-refractivity contribution in [2.75, 3.05) is 0 Å². The van der Waals surface area contributed by atoms with Crippen molar-refractivity contribution in [3.63, 3.8) is 0 Å². The molecule has 0 fully saturated rings. The van der Waals surface area contributed by atoms with Gasteiger partial charge in [-0.05, 0) is 24.3 Å². The predicted molar refractivity (Wildman–Crippen MR) is 84.7 cm³/mol. The van der Waals surface area contributed by atoms with Crippen molar-refractivity contribution in [2.45, 2.75) is 24.3 Å². The Balaban J connectivity index is 1.74. The van der Waals surface area contributed by atoms with E-state index in [2.05, 4.69) is 20.4 Å². The molecule has 2 aromatic heterocycles. The zero-order valence-corrected chi connectivity index (χ0v) is 13.7. The highest BCUT2D eigenvalue weighted by molar-refractivity contribution is 7.98. The van der Waals surface area contributed by atoms with Crippen molar-refractivity contribution in [3.8, 4) is 11.4 Å². The highest BCUT2D eigenvalue weighted by Gasteiger charge is 2.13. The van der Waals surface area contributed by atoms with Gasteiger partial charge in [0.15, 0.2) is 11.0 Å². The molecule has 0 bridgehead atoms. The van der Waals surface area contributed by atoms with Crippen LogP contribution in [0.25, 0.3) is 11.4 Å². The maximum Gasteiger partial charge on any atom is 0.226 e. The molecule has 3 aromatic rings. The van der Waals surface area contributed by atoms with E-state index in [-0.39, 0.29) is 0 Å². The molecular weight excluding hydrogens is 322 g/mol. The van der Waals surface area contributed by atoms with Gasteiger partial charge in [0.05, 0.1) is 5.75 Å². The fourth-order valence-electron chi connectivity index (χ4n) is 1.91. The number of hydrogen-bond acceptors (Lipinski definition) is 6. The number of thioether (sulfide) groups is 1. The molecule has 0 spiro atoms. The monoisotopic (exact) mass is 335 g/mol. The Labute approximate surface area is 136 Å². The topological polar surface area (TPSA) is 69.6 Å². The molecule has 6 nitrogen and oxygen atoms in total. The Hall–Kier alpha value is -1.86. The zero-order valence-electron chi connectivity index (χ0n) is 12.2. The molecule has 114 valence electrons. The number of aromatic nitrogens is 5. The SMILES string of the molecule is CCc1nnc(CSc2nnc(-c3ccc(Cl)cc3)n2C)o1. The molecule has 3 rings (SSSR count). The molecule has 0 N–H and O–H groups in total. The predicted octanol–water partition coefficient (Wildman–Crippen LogP) is 3.37. The fourth-order valence-corrected chi connectivity index (χ4v) is 2.78. The zero-order chi connectivity index (χ0) is 15.5. The van der Waals surface area contributed by atoms with Crippen LogP contribution in [0.1, 0.15) is 18.7 Å². The first-order valence-electron chi connectivity index (χ1n) is 6.76. The molecule has 2 heterocycles. The molecule has 0 saturated heterocycles. The lowest BCUT2D eigenvalue weighted by Gasteiger charge is -2.03. The van der Waals surface area contributed by atoms with Crippen molar-refractivity contribution in [1.29, 1.82) is 0 Å².